The van der Waals surface area contributed by atoms with E-state index in [1.807, 2.05) is 35.2 Å². The Morgan fingerprint density at radius 3 is 2.79 bits per heavy atom. The van der Waals surface area contributed by atoms with Crippen LogP contribution in [0.3, 0.4) is 0 Å². The van der Waals surface area contributed by atoms with Gasteiger partial charge in [0.15, 0.2) is 0 Å². The molecule has 3 unspecified atom stereocenters. The molecule has 24 heavy (non-hydrogen) atoms. The van der Waals surface area contributed by atoms with E-state index < -0.39 is 5.97 Å². The summed E-state index contributed by atoms with van der Waals surface area (Å²) in [6, 6.07) is 10.0. The summed E-state index contributed by atoms with van der Waals surface area (Å²) in [5.41, 5.74) is 7.45. The van der Waals surface area contributed by atoms with Gasteiger partial charge in [0.05, 0.1) is 12.0 Å². The lowest BCUT2D eigenvalue weighted by Gasteiger charge is -2.35. The van der Waals surface area contributed by atoms with Crippen LogP contribution in [0.2, 0.25) is 0 Å². The first-order chi connectivity index (χ1) is 11.6. The van der Waals surface area contributed by atoms with Gasteiger partial charge in [-0.1, -0.05) is 30.3 Å². The van der Waals surface area contributed by atoms with Crippen LogP contribution in [0, 0.1) is 11.8 Å². The molecule has 2 aliphatic heterocycles. The second-order valence-electron chi connectivity index (χ2n) is 6.75. The predicted molar refractivity (Wildman–Crippen MR) is 90.0 cm³/mol. The summed E-state index contributed by atoms with van der Waals surface area (Å²) in [7, 11) is 0. The van der Waals surface area contributed by atoms with Gasteiger partial charge in [0, 0.05) is 26.1 Å². The standard InChI is InChI=1S/C18H25N3O3/c22-16(23)9-8-13-5-4-10-21(12-13)18(24)15-11-19-20-17(15)14-6-2-1-3-7-14/h1-3,6-7,13,15,17,19-20H,4-5,8-12H2,(H,22,23). The average molecular weight is 331 g/mol. The molecule has 2 heterocycles. The van der Waals surface area contributed by atoms with Crippen LogP contribution in [0.15, 0.2) is 30.3 Å². The average Bonchev–Trinajstić information content (AvgIpc) is 3.10. The summed E-state index contributed by atoms with van der Waals surface area (Å²) in [5, 5.41) is 8.86. The number of carboxylic acid groups (broad SMARTS) is 1. The molecule has 6 heteroatoms. The number of likely N-dealkylation sites (tertiary alicyclic amines) is 1. The van der Waals surface area contributed by atoms with Gasteiger partial charge in [0.2, 0.25) is 5.91 Å². The van der Waals surface area contributed by atoms with Crippen molar-refractivity contribution >= 4 is 11.9 Å². The highest BCUT2D eigenvalue weighted by Gasteiger charge is 2.37. The number of aliphatic carboxylic acids is 1. The van der Waals surface area contributed by atoms with Gasteiger partial charge in [-0.15, -0.1) is 0 Å². The van der Waals surface area contributed by atoms with Gasteiger partial charge in [-0.25, -0.2) is 5.43 Å². The Hall–Kier alpha value is -1.92. The molecule has 2 aliphatic rings. The van der Waals surface area contributed by atoms with Gasteiger partial charge in [-0.2, -0.15) is 0 Å². The second kappa shape index (κ2) is 7.77. The van der Waals surface area contributed by atoms with E-state index in [-0.39, 0.29) is 24.3 Å². The Kier molecular flexibility index (Phi) is 5.48. The van der Waals surface area contributed by atoms with Crippen LogP contribution in [-0.2, 0) is 9.59 Å². The van der Waals surface area contributed by atoms with Gasteiger partial charge in [0.25, 0.3) is 0 Å². The van der Waals surface area contributed by atoms with Crippen LogP contribution in [-0.4, -0.2) is 41.5 Å². The molecule has 0 saturated carbocycles. The van der Waals surface area contributed by atoms with Gasteiger partial charge < -0.3 is 10.0 Å². The zero-order valence-corrected chi connectivity index (χ0v) is 13.8. The Balaban J connectivity index is 1.63. The number of carbonyl (C=O) groups excluding carboxylic acids is 1. The predicted octanol–water partition coefficient (Wildman–Crippen LogP) is 1.56. The quantitative estimate of drug-likeness (QED) is 0.763. The first-order valence-corrected chi connectivity index (χ1v) is 8.69. The van der Waals surface area contributed by atoms with Gasteiger partial charge >= 0.3 is 5.97 Å². The van der Waals surface area contributed by atoms with E-state index in [1.165, 1.54) is 0 Å². The molecule has 1 aromatic carbocycles. The second-order valence-corrected chi connectivity index (χ2v) is 6.75. The molecule has 0 aromatic heterocycles. The summed E-state index contributed by atoms with van der Waals surface area (Å²) >= 11 is 0. The van der Waals surface area contributed by atoms with Crippen LogP contribution in [0.5, 0.6) is 0 Å². The van der Waals surface area contributed by atoms with Gasteiger partial charge in [0.1, 0.15) is 0 Å². The molecule has 0 spiro atoms. The zero-order chi connectivity index (χ0) is 16.9. The van der Waals surface area contributed by atoms with Crippen molar-refractivity contribution in [1.82, 2.24) is 15.8 Å². The fourth-order valence-electron chi connectivity index (χ4n) is 3.77. The number of carbonyl (C=O) groups is 2. The summed E-state index contributed by atoms with van der Waals surface area (Å²) in [6.45, 7) is 2.08. The van der Waals surface area contributed by atoms with Crippen LogP contribution < -0.4 is 10.9 Å². The van der Waals surface area contributed by atoms with Gasteiger partial charge in [-0.05, 0) is 30.7 Å². The van der Waals surface area contributed by atoms with E-state index in [4.69, 9.17) is 5.11 Å². The Morgan fingerprint density at radius 1 is 1.25 bits per heavy atom. The molecule has 0 radical (unpaired) electrons. The van der Waals surface area contributed by atoms with Crippen LogP contribution in [0.1, 0.15) is 37.3 Å². The molecule has 130 valence electrons. The SMILES string of the molecule is O=C(O)CCC1CCCN(C(=O)C2CNNC2c2ccccc2)C1. The lowest BCUT2D eigenvalue weighted by atomic mass is 9.90. The van der Waals surface area contributed by atoms with Crippen LogP contribution >= 0.6 is 0 Å². The number of nitrogens with zero attached hydrogens (tertiary/aromatic N) is 1. The molecule has 3 N–H and O–H groups in total. The summed E-state index contributed by atoms with van der Waals surface area (Å²) in [6.07, 6.45) is 2.81. The fraction of sp³-hybridized carbons (Fsp3) is 0.556. The van der Waals surface area contributed by atoms with E-state index in [1.54, 1.807) is 0 Å². The number of nitrogens with one attached hydrogen (secondary N) is 2. The minimum atomic E-state index is -0.758. The minimum Gasteiger partial charge on any atom is -0.481 e. The number of benzene rings is 1. The largest absolute Gasteiger partial charge is 0.481 e. The number of hydrogen-bond donors (Lipinski definition) is 3. The third kappa shape index (κ3) is 3.94. The number of rotatable bonds is 5. The molecule has 3 atom stereocenters. The molecular formula is C18H25N3O3. The summed E-state index contributed by atoms with van der Waals surface area (Å²) in [4.78, 5) is 25.7. The highest BCUT2D eigenvalue weighted by Crippen LogP contribution is 2.29. The lowest BCUT2D eigenvalue weighted by Crippen LogP contribution is -2.44. The molecule has 6 nitrogen and oxygen atoms in total. The van der Waals surface area contributed by atoms with Crippen molar-refractivity contribution in [2.75, 3.05) is 19.6 Å². The van der Waals surface area contributed by atoms with Crippen molar-refractivity contribution in [3.63, 3.8) is 0 Å². The monoisotopic (exact) mass is 331 g/mol. The van der Waals surface area contributed by atoms with E-state index in [9.17, 15) is 9.59 Å². The molecule has 0 aliphatic carbocycles. The van der Waals surface area contributed by atoms with Crippen molar-refractivity contribution in [2.24, 2.45) is 11.8 Å². The third-order valence-electron chi connectivity index (χ3n) is 5.05. The number of hydrogen-bond acceptors (Lipinski definition) is 4. The number of hydrazine groups is 1. The maximum absolute atomic E-state index is 13.0. The number of piperidine rings is 1. The van der Waals surface area contributed by atoms with E-state index in [0.29, 0.717) is 25.4 Å². The maximum atomic E-state index is 13.0. The van der Waals surface area contributed by atoms with E-state index >= 15 is 0 Å². The molecule has 2 fully saturated rings. The van der Waals surface area contributed by atoms with Crippen molar-refractivity contribution in [1.29, 1.82) is 0 Å². The lowest BCUT2D eigenvalue weighted by molar-refractivity contribution is -0.138. The molecule has 0 bridgehead atoms. The molecule has 1 aromatic rings. The zero-order valence-electron chi connectivity index (χ0n) is 13.8. The topological polar surface area (TPSA) is 81.7 Å². The summed E-state index contributed by atoms with van der Waals surface area (Å²) in [5.74, 6) is -0.407. The van der Waals surface area contributed by atoms with Crippen molar-refractivity contribution < 1.29 is 14.7 Å². The highest BCUT2D eigenvalue weighted by molar-refractivity contribution is 5.80. The highest BCUT2D eigenvalue weighted by atomic mass is 16.4. The smallest absolute Gasteiger partial charge is 0.303 e. The Morgan fingerprint density at radius 2 is 2.04 bits per heavy atom. The minimum absolute atomic E-state index is 0.0157. The normalized spacial score (nSPS) is 27.2. The van der Waals surface area contributed by atoms with Crippen LogP contribution in [0.4, 0.5) is 0 Å². The molecule has 2 saturated heterocycles. The van der Waals surface area contributed by atoms with Gasteiger partial charge in [-0.3, -0.25) is 15.0 Å². The summed E-state index contributed by atoms with van der Waals surface area (Å²) < 4.78 is 0. The maximum Gasteiger partial charge on any atom is 0.303 e. The Labute approximate surface area is 142 Å². The van der Waals surface area contributed by atoms with Crippen LogP contribution in [0.25, 0.3) is 0 Å². The van der Waals surface area contributed by atoms with E-state index in [2.05, 4.69) is 10.9 Å². The fourth-order valence-corrected chi connectivity index (χ4v) is 3.77. The van der Waals surface area contributed by atoms with E-state index in [0.717, 1.165) is 24.9 Å². The first-order valence-electron chi connectivity index (χ1n) is 8.69. The Bertz CT molecular complexity index is 578. The molecule has 1 amide bonds. The number of carboxylic acids is 1. The first kappa shape index (κ1) is 16.9. The number of amides is 1. The van der Waals surface area contributed by atoms with Crippen molar-refractivity contribution in [3.05, 3.63) is 35.9 Å². The third-order valence-corrected chi connectivity index (χ3v) is 5.05. The molecule has 3 rings (SSSR count). The molecular weight excluding hydrogens is 306 g/mol. The van der Waals surface area contributed by atoms with Crippen molar-refractivity contribution in [2.45, 2.75) is 31.7 Å². The van der Waals surface area contributed by atoms with Crippen molar-refractivity contribution in [3.8, 4) is 0 Å².